The summed E-state index contributed by atoms with van der Waals surface area (Å²) in [5, 5.41) is 0. The van der Waals surface area contributed by atoms with Crippen LogP contribution in [0.25, 0.3) is 0 Å². The van der Waals surface area contributed by atoms with Gasteiger partial charge in [-0.05, 0) is 60.9 Å². The van der Waals surface area contributed by atoms with E-state index in [-0.39, 0.29) is 18.1 Å². The standard InChI is InChI=1S/C21H16Br2FNOS/c1-2-14-4-6-19(27-14)21-25-16-5-3-12(22)7-11(16)8-17(25)20-15(24)9-13(23)10-18(20)26-21/h3-7,9-10,17,21H,2,8H2,1H3. The van der Waals surface area contributed by atoms with Crippen LogP contribution in [0.2, 0.25) is 0 Å². The first-order valence-corrected chi connectivity index (χ1v) is 11.3. The first-order valence-electron chi connectivity index (χ1n) is 8.86. The Morgan fingerprint density at radius 2 is 2.00 bits per heavy atom. The predicted molar refractivity (Wildman–Crippen MR) is 114 cm³/mol. The van der Waals surface area contributed by atoms with Crippen LogP contribution < -0.4 is 9.64 Å². The molecule has 2 unspecified atom stereocenters. The maximum atomic E-state index is 14.9. The average Bonchev–Trinajstić information content (AvgIpc) is 3.24. The highest BCUT2D eigenvalue weighted by Crippen LogP contribution is 2.53. The zero-order valence-corrected chi connectivity index (χ0v) is 18.5. The van der Waals surface area contributed by atoms with Crippen molar-refractivity contribution in [3.05, 3.63) is 78.1 Å². The van der Waals surface area contributed by atoms with E-state index in [1.165, 1.54) is 16.5 Å². The van der Waals surface area contributed by atoms with Crippen LogP contribution in [0.3, 0.4) is 0 Å². The number of aryl methyl sites for hydroxylation is 1. The van der Waals surface area contributed by atoms with E-state index in [0.29, 0.717) is 15.8 Å². The van der Waals surface area contributed by atoms with Gasteiger partial charge in [-0.15, -0.1) is 11.3 Å². The van der Waals surface area contributed by atoms with Gasteiger partial charge in [-0.2, -0.15) is 0 Å². The highest BCUT2D eigenvalue weighted by molar-refractivity contribution is 9.10. The van der Waals surface area contributed by atoms with Crippen molar-refractivity contribution in [1.29, 1.82) is 0 Å². The second kappa shape index (κ2) is 6.61. The van der Waals surface area contributed by atoms with Crippen molar-refractivity contribution in [1.82, 2.24) is 0 Å². The van der Waals surface area contributed by atoms with Gasteiger partial charge in [0, 0.05) is 19.5 Å². The molecule has 0 amide bonds. The van der Waals surface area contributed by atoms with Crippen molar-refractivity contribution < 1.29 is 9.13 Å². The monoisotopic (exact) mass is 507 g/mol. The van der Waals surface area contributed by atoms with Gasteiger partial charge in [-0.1, -0.05) is 38.8 Å². The second-order valence-electron chi connectivity index (χ2n) is 6.83. The average molecular weight is 509 g/mol. The minimum absolute atomic E-state index is 0.0664. The predicted octanol–water partition coefficient (Wildman–Crippen LogP) is 7.17. The third kappa shape index (κ3) is 2.84. The maximum Gasteiger partial charge on any atom is 0.208 e. The number of rotatable bonds is 2. The van der Waals surface area contributed by atoms with Gasteiger partial charge in [-0.3, -0.25) is 0 Å². The summed E-state index contributed by atoms with van der Waals surface area (Å²) in [5.74, 6) is 0.409. The van der Waals surface area contributed by atoms with E-state index < -0.39 is 0 Å². The molecule has 0 fully saturated rings. The normalized spacial score (nSPS) is 20.1. The van der Waals surface area contributed by atoms with Gasteiger partial charge in [0.05, 0.1) is 16.5 Å². The van der Waals surface area contributed by atoms with Crippen molar-refractivity contribution in [3.63, 3.8) is 0 Å². The van der Waals surface area contributed by atoms with Crippen LogP contribution in [0.4, 0.5) is 10.1 Å². The Balaban J connectivity index is 1.70. The molecule has 27 heavy (non-hydrogen) atoms. The molecule has 0 spiro atoms. The van der Waals surface area contributed by atoms with Crippen molar-refractivity contribution >= 4 is 48.9 Å². The van der Waals surface area contributed by atoms with Gasteiger partial charge < -0.3 is 9.64 Å². The molecule has 2 nitrogen and oxygen atoms in total. The summed E-state index contributed by atoms with van der Waals surface area (Å²) in [4.78, 5) is 4.72. The van der Waals surface area contributed by atoms with Gasteiger partial charge in [0.15, 0.2) is 0 Å². The first-order chi connectivity index (χ1) is 13.0. The Hall–Kier alpha value is -1.37. The molecule has 0 saturated heterocycles. The quantitative estimate of drug-likeness (QED) is 0.363. The number of fused-ring (bicyclic) bond motifs is 5. The molecule has 3 aromatic rings. The summed E-state index contributed by atoms with van der Waals surface area (Å²) in [6, 6.07) is 13.9. The van der Waals surface area contributed by atoms with Crippen molar-refractivity contribution in [2.45, 2.75) is 32.0 Å². The molecule has 6 heteroatoms. The van der Waals surface area contributed by atoms with Crippen LogP contribution in [0, 0.1) is 5.82 Å². The van der Waals surface area contributed by atoms with E-state index in [9.17, 15) is 4.39 Å². The van der Waals surface area contributed by atoms with Crippen LogP contribution in [0.5, 0.6) is 5.75 Å². The molecule has 2 aliphatic heterocycles. The second-order valence-corrected chi connectivity index (χ2v) is 9.86. The summed E-state index contributed by atoms with van der Waals surface area (Å²) in [6.45, 7) is 2.16. The summed E-state index contributed by atoms with van der Waals surface area (Å²) >= 11 is 8.74. The highest BCUT2D eigenvalue weighted by atomic mass is 79.9. The third-order valence-electron chi connectivity index (χ3n) is 5.22. The molecular weight excluding hydrogens is 493 g/mol. The molecule has 1 aromatic heterocycles. The number of ether oxygens (including phenoxy) is 1. The largest absolute Gasteiger partial charge is 0.465 e. The topological polar surface area (TPSA) is 12.5 Å². The van der Waals surface area contributed by atoms with Crippen molar-refractivity contribution in [2.24, 2.45) is 0 Å². The SMILES string of the molecule is CCc1ccc(C2Oc3cc(Br)cc(F)c3C3Cc4cc(Br)ccc4N32)s1. The lowest BCUT2D eigenvalue weighted by atomic mass is 9.99. The molecular formula is C21H16Br2FNOS. The van der Waals surface area contributed by atoms with E-state index in [1.54, 1.807) is 11.3 Å². The molecule has 0 aliphatic carbocycles. The lowest BCUT2D eigenvalue weighted by molar-refractivity contribution is 0.168. The fourth-order valence-corrected chi connectivity index (χ4v) is 5.85. The van der Waals surface area contributed by atoms with E-state index in [2.05, 4.69) is 67.9 Å². The van der Waals surface area contributed by atoms with Crippen LogP contribution in [-0.4, -0.2) is 0 Å². The summed E-state index contributed by atoms with van der Waals surface area (Å²) in [6.07, 6.45) is 1.52. The number of hydrogen-bond donors (Lipinski definition) is 0. The van der Waals surface area contributed by atoms with Gasteiger partial charge >= 0.3 is 0 Å². The number of benzene rings is 2. The Morgan fingerprint density at radius 3 is 2.78 bits per heavy atom. The smallest absolute Gasteiger partial charge is 0.208 e. The number of hydrogen-bond acceptors (Lipinski definition) is 3. The molecule has 0 N–H and O–H groups in total. The van der Waals surface area contributed by atoms with Crippen LogP contribution >= 0.6 is 43.2 Å². The lowest BCUT2D eigenvalue weighted by Gasteiger charge is -2.40. The summed E-state index contributed by atoms with van der Waals surface area (Å²) in [5.41, 5.74) is 2.98. The Labute approximate surface area is 178 Å². The summed E-state index contributed by atoms with van der Waals surface area (Å²) < 4.78 is 23.1. The minimum Gasteiger partial charge on any atom is -0.465 e. The molecule has 3 heterocycles. The van der Waals surface area contributed by atoms with Crippen LogP contribution in [0.15, 0.2) is 51.4 Å². The molecule has 5 rings (SSSR count). The van der Waals surface area contributed by atoms with Crippen LogP contribution in [0.1, 0.15) is 40.1 Å². The number of nitrogens with zero attached hydrogens (tertiary/aromatic N) is 1. The Morgan fingerprint density at radius 1 is 1.15 bits per heavy atom. The maximum absolute atomic E-state index is 14.9. The van der Waals surface area contributed by atoms with Gasteiger partial charge in [0.2, 0.25) is 6.23 Å². The first kappa shape index (κ1) is 17.7. The Bertz CT molecular complexity index is 1050. The number of halogens is 3. The minimum atomic E-state index is -0.246. The number of thiophene rings is 1. The van der Waals surface area contributed by atoms with Crippen LogP contribution in [-0.2, 0) is 12.8 Å². The fourth-order valence-electron chi connectivity index (χ4n) is 4.05. The summed E-state index contributed by atoms with van der Waals surface area (Å²) in [7, 11) is 0. The van der Waals surface area contributed by atoms with Gasteiger partial charge in [-0.25, -0.2) is 4.39 Å². The van der Waals surface area contributed by atoms with E-state index in [0.717, 1.165) is 27.9 Å². The molecule has 2 aromatic carbocycles. The van der Waals surface area contributed by atoms with Crippen molar-refractivity contribution in [3.8, 4) is 5.75 Å². The number of anilines is 1. The molecule has 0 saturated carbocycles. The van der Waals surface area contributed by atoms with Crippen molar-refractivity contribution in [2.75, 3.05) is 4.90 Å². The molecule has 2 aliphatic rings. The third-order valence-corrected chi connectivity index (χ3v) is 7.44. The van der Waals surface area contributed by atoms with E-state index in [4.69, 9.17) is 4.74 Å². The fraction of sp³-hybridized carbons (Fsp3) is 0.238. The Kier molecular flexibility index (Phi) is 4.33. The molecule has 2 atom stereocenters. The zero-order chi connectivity index (χ0) is 18.7. The molecule has 138 valence electrons. The lowest BCUT2D eigenvalue weighted by Crippen LogP contribution is -2.37. The van der Waals surface area contributed by atoms with E-state index >= 15 is 0 Å². The van der Waals surface area contributed by atoms with E-state index in [1.807, 2.05) is 12.1 Å². The highest BCUT2D eigenvalue weighted by Gasteiger charge is 2.44. The van der Waals surface area contributed by atoms with Gasteiger partial charge in [0.25, 0.3) is 0 Å². The molecule has 0 bridgehead atoms. The molecule has 0 radical (unpaired) electrons. The zero-order valence-electron chi connectivity index (χ0n) is 14.5. The van der Waals surface area contributed by atoms with Gasteiger partial charge in [0.1, 0.15) is 11.6 Å².